The van der Waals surface area contributed by atoms with Gasteiger partial charge in [-0.3, -0.25) is 0 Å². The van der Waals surface area contributed by atoms with Crippen LogP contribution < -0.4 is 20.1 Å². The van der Waals surface area contributed by atoms with E-state index in [0.29, 0.717) is 30.3 Å². The van der Waals surface area contributed by atoms with Crippen LogP contribution in [0.5, 0.6) is 11.5 Å². The summed E-state index contributed by atoms with van der Waals surface area (Å²) in [6.07, 6.45) is 0. The standard InChI is InChI=1S/C12H18N2O3S/c1-16-10-4-3-9(7-11(10)17-2)8-14-12(15)13-5-6-18/h3-4,7,18H,5-6,8H2,1-2H3,(H2,13,14,15). The fraction of sp³-hybridized carbons (Fsp3) is 0.417. The van der Waals surface area contributed by atoms with Crippen molar-refractivity contribution in [2.75, 3.05) is 26.5 Å². The van der Waals surface area contributed by atoms with Gasteiger partial charge in [-0.25, -0.2) is 4.79 Å². The summed E-state index contributed by atoms with van der Waals surface area (Å²) in [6.45, 7) is 0.972. The van der Waals surface area contributed by atoms with Crippen molar-refractivity contribution >= 4 is 18.7 Å². The van der Waals surface area contributed by atoms with Crippen LogP contribution >= 0.6 is 12.6 Å². The van der Waals surface area contributed by atoms with Crippen LogP contribution in [-0.4, -0.2) is 32.5 Å². The van der Waals surface area contributed by atoms with Crippen molar-refractivity contribution in [2.45, 2.75) is 6.54 Å². The molecule has 0 saturated heterocycles. The Balaban J connectivity index is 2.55. The topological polar surface area (TPSA) is 59.6 Å². The van der Waals surface area contributed by atoms with Gasteiger partial charge in [-0.15, -0.1) is 0 Å². The van der Waals surface area contributed by atoms with Gasteiger partial charge in [-0.1, -0.05) is 6.07 Å². The molecule has 0 spiro atoms. The van der Waals surface area contributed by atoms with Gasteiger partial charge in [0, 0.05) is 18.8 Å². The monoisotopic (exact) mass is 270 g/mol. The van der Waals surface area contributed by atoms with Gasteiger partial charge in [0.25, 0.3) is 0 Å². The Bertz CT molecular complexity index is 399. The minimum Gasteiger partial charge on any atom is -0.493 e. The van der Waals surface area contributed by atoms with Crippen molar-refractivity contribution in [3.63, 3.8) is 0 Å². The molecule has 6 heteroatoms. The molecule has 0 aromatic heterocycles. The zero-order valence-corrected chi connectivity index (χ0v) is 11.4. The SMILES string of the molecule is COc1ccc(CNC(=O)NCCS)cc1OC. The van der Waals surface area contributed by atoms with E-state index in [1.807, 2.05) is 18.2 Å². The highest BCUT2D eigenvalue weighted by Crippen LogP contribution is 2.27. The average molecular weight is 270 g/mol. The number of rotatable bonds is 6. The van der Waals surface area contributed by atoms with Gasteiger partial charge in [-0.05, 0) is 17.7 Å². The first kappa shape index (κ1) is 14.5. The number of ether oxygens (including phenoxy) is 2. The van der Waals surface area contributed by atoms with Crippen LogP contribution in [0.2, 0.25) is 0 Å². The van der Waals surface area contributed by atoms with Gasteiger partial charge in [-0.2, -0.15) is 12.6 Å². The fourth-order valence-electron chi connectivity index (χ4n) is 1.40. The van der Waals surface area contributed by atoms with Crippen LogP contribution in [0.25, 0.3) is 0 Å². The highest BCUT2D eigenvalue weighted by Gasteiger charge is 2.05. The van der Waals surface area contributed by atoms with Crippen molar-refractivity contribution < 1.29 is 14.3 Å². The highest BCUT2D eigenvalue weighted by molar-refractivity contribution is 7.80. The minimum atomic E-state index is -0.209. The lowest BCUT2D eigenvalue weighted by Crippen LogP contribution is -2.36. The van der Waals surface area contributed by atoms with Crippen LogP contribution in [0.3, 0.4) is 0 Å². The second kappa shape index (κ2) is 7.71. The van der Waals surface area contributed by atoms with Gasteiger partial charge in [0.1, 0.15) is 0 Å². The van der Waals surface area contributed by atoms with Crippen molar-refractivity contribution in [3.8, 4) is 11.5 Å². The molecule has 1 rings (SSSR count). The predicted octanol–water partition coefficient (Wildman–Crippen LogP) is 1.43. The van der Waals surface area contributed by atoms with E-state index in [1.54, 1.807) is 14.2 Å². The molecule has 0 unspecified atom stereocenters. The summed E-state index contributed by atoms with van der Waals surface area (Å²) < 4.78 is 10.3. The molecule has 0 aliphatic carbocycles. The molecule has 0 fully saturated rings. The molecule has 0 aliphatic heterocycles. The van der Waals surface area contributed by atoms with Crippen LogP contribution in [0.4, 0.5) is 4.79 Å². The van der Waals surface area contributed by atoms with E-state index in [1.165, 1.54) is 0 Å². The average Bonchev–Trinajstić information content (AvgIpc) is 2.42. The Morgan fingerprint density at radius 1 is 1.22 bits per heavy atom. The second-order valence-corrected chi connectivity index (χ2v) is 3.97. The van der Waals surface area contributed by atoms with Gasteiger partial charge in [0.15, 0.2) is 11.5 Å². The fourth-order valence-corrected chi connectivity index (χ4v) is 1.52. The summed E-state index contributed by atoms with van der Waals surface area (Å²) in [6, 6.07) is 5.30. The molecule has 2 N–H and O–H groups in total. The number of thiol groups is 1. The third kappa shape index (κ3) is 4.37. The number of methoxy groups -OCH3 is 2. The van der Waals surface area contributed by atoms with Crippen LogP contribution in [0.1, 0.15) is 5.56 Å². The van der Waals surface area contributed by atoms with Gasteiger partial charge < -0.3 is 20.1 Å². The molecule has 0 saturated carbocycles. The first-order valence-corrected chi connectivity index (χ1v) is 6.18. The smallest absolute Gasteiger partial charge is 0.315 e. The lowest BCUT2D eigenvalue weighted by atomic mass is 10.2. The van der Waals surface area contributed by atoms with E-state index in [4.69, 9.17) is 9.47 Å². The third-order valence-electron chi connectivity index (χ3n) is 2.30. The molecule has 18 heavy (non-hydrogen) atoms. The summed E-state index contributed by atoms with van der Waals surface area (Å²) >= 11 is 4.01. The number of urea groups is 1. The Morgan fingerprint density at radius 2 is 1.94 bits per heavy atom. The minimum absolute atomic E-state index is 0.209. The number of carbonyl (C=O) groups is 1. The molecule has 0 bridgehead atoms. The molecule has 1 aromatic rings. The maximum atomic E-state index is 11.3. The number of carbonyl (C=O) groups excluding carboxylic acids is 1. The van der Waals surface area contributed by atoms with Gasteiger partial charge in [0.05, 0.1) is 14.2 Å². The lowest BCUT2D eigenvalue weighted by molar-refractivity contribution is 0.241. The molecule has 0 atom stereocenters. The Kier molecular flexibility index (Phi) is 6.21. The Hall–Kier alpha value is -1.56. The van der Waals surface area contributed by atoms with E-state index in [9.17, 15) is 4.79 Å². The van der Waals surface area contributed by atoms with Crippen molar-refractivity contribution in [3.05, 3.63) is 23.8 Å². The molecule has 0 heterocycles. The molecule has 0 aliphatic rings. The second-order valence-electron chi connectivity index (χ2n) is 3.52. The maximum Gasteiger partial charge on any atom is 0.315 e. The van der Waals surface area contributed by atoms with E-state index in [-0.39, 0.29) is 6.03 Å². The first-order valence-electron chi connectivity index (χ1n) is 5.54. The van der Waals surface area contributed by atoms with Gasteiger partial charge in [0.2, 0.25) is 0 Å². The van der Waals surface area contributed by atoms with Crippen LogP contribution in [-0.2, 0) is 6.54 Å². The number of nitrogens with one attached hydrogen (secondary N) is 2. The highest BCUT2D eigenvalue weighted by atomic mass is 32.1. The Morgan fingerprint density at radius 3 is 2.56 bits per heavy atom. The first-order chi connectivity index (χ1) is 8.71. The van der Waals surface area contributed by atoms with Crippen LogP contribution in [0.15, 0.2) is 18.2 Å². The zero-order valence-electron chi connectivity index (χ0n) is 10.5. The van der Waals surface area contributed by atoms with Crippen molar-refractivity contribution in [1.82, 2.24) is 10.6 Å². The molecule has 100 valence electrons. The number of amides is 2. The number of benzene rings is 1. The van der Waals surface area contributed by atoms with Crippen molar-refractivity contribution in [1.29, 1.82) is 0 Å². The largest absolute Gasteiger partial charge is 0.493 e. The third-order valence-corrected chi connectivity index (χ3v) is 2.52. The molecule has 2 amide bonds. The van der Waals surface area contributed by atoms with E-state index in [2.05, 4.69) is 23.3 Å². The van der Waals surface area contributed by atoms with E-state index < -0.39 is 0 Å². The zero-order chi connectivity index (χ0) is 13.4. The normalized spacial score (nSPS) is 9.72. The maximum absolute atomic E-state index is 11.3. The summed E-state index contributed by atoms with van der Waals surface area (Å²) in [5, 5.41) is 5.41. The van der Waals surface area contributed by atoms with Crippen molar-refractivity contribution in [2.24, 2.45) is 0 Å². The summed E-state index contributed by atoms with van der Waals surface area (Å²) in [4.78, 5) is 11.3. The molecular weight excluding hydrogens is 252 g/mol. The number of hydrogen-bond acceptors (Lipinski definition) is 4. The number of hydrogen-bond donors (Lipinski definition) is 3. The molecule has 0 radical (unpaired) electrons. The van der Waals surface area contributed by atoms with Gasteiger partial charge >= 0.3 is 6.03 Å². The molecule has 1 aromatic carbocycles. The molecular formula is C12H18N2O3S. The summed E-state index contributed by atoms with van der Waals surface area (Å²) in [5.74, 6) is 1.93. The lowest BCUT2D eigenvalue weighted by Gasteiger charge is -2.10. The quantitative estimate of drug-likeness (QED) is 0.685. The summed E-state index contributed by atoms with van der Waals surface area (Å²) in [7, 11) is 3.16. The Labute approximate surface area is 112 Å². The van der Waals surface area contributed by atoms with E-state index in [0.717, 1.165) is 5.56 Å². The predicted molar refractivity (Wildman–Crippen MR) is 73.6 cm³/mol. The summed E-state index contributed by atoms with van der Waals surface area (Å²) in [5.41, 5.74) is 0.939. The molecule has 5 nitrogen and oxygen atoms in total. The van der Waals surface area contributed by atoms with Crippen LogP contribution in [0, 0.1) is 0 Å². The van der Waals surface area contributed by atoms with E-state index >= 15 is 0 Å².